The van der Waals surface area contributed by atoms with Crippen molar-refractivity contribution in [1.82, 2.24) is 9.78 Å². The van der Waals surface area contributed by atoms with Gasteiger partial charge in [-0.2, -0.15) is 18.3 Å². The minimum absolute atomic E-state index is 0.0382. The number of rotatable bonds is 4. The Balaban J connectivity index is 1.78. The number of anilines is 1. The predicted molar refractivity (Wildman–Crippen MR) is 98.5 cm³/mol. The fourth-order valence-electron chi connectivity index (χ4n) is 3.40. The molecule has 1 heterocycles. The van der Waals surface area contributed by atoms with Crippen LogP contribution in [0.15, 0.2) is 30.3 Å². The Morgan fingerprint density at radius 2 is 1.86 bits per heavy atom. The summed E-state index contributed by atoms with van der Waals surface area (Å²) in [4.78, 5) is 22.3. The number of aldehydes is 1. The summed E-state index contributed by atoms with van der Waals surface area (Å²) in [5.74, 6) is -1.61. The summed E-state index contributed by atoms with van der Waals surface area (Å²) in [6, 6.07) is 8.93. The summed E-state index contributed by atoms with van der Waals surface area (Å²) < 4.78 is 39.3. The molecule has 0 unspecified atom stereocenters. The Morgan fingerprint density at radius 3 is 2.43 bits per heavy atom. The Morgan fingerprint density at radius 1 is 1.18 bits per heavy atom. The minimum atomic E-state index is -4.96. The molecule has 1 saturated carbocycles. The smallest absolute Gasteiger partial charge is 0.303 e. The third-order valence-electron chi connectivity index (χ3n) is 4.94. The first-order chi connectivity index (χ1) is 13.0. The number of nitrogens with one attached hydrogen (secondary N) is 1. The lowest BCUT2D eigenvalue weighted by atomic mass is 9.70. The number of alkyl halides is 3. The van der Waals surface area contributed by atoms with Gasteiger partial charge in [0.15, 0.2) is 0 Å². The zero-order valence-corrected chi connectivity index (χ0v) is 15.9. The highest BCUT2D eigenvalue weighted by atomic mass is 19.4. The van der Waals surface area contributed by atoms with Crippen LogP contribution in [0.4, 0.5) is 19.0 Å². The average Bonchev–Trinajstić information content (AvgIpc) is 2.96. The van der Waals surface area contributed by atoms with Crippen molar-refractivity contribution in [2.45, 2.75) is 57.2 Å². The van der Waals surface area contributed by atoms with Crippen LogP contribution < -0.4 is 5.32 Å². The van der Waals surface area contributed by atoms with Crippen molar-refractivity contribution in [1.29, 1.82) is 0 Å². The second kappa shape index (κ2) is 7.07. The monoisotopic (exact) mass is 393 g/mol. The largest absolute Gasteiger partial charge is 0.471 e. The fraction of sp³-hybridized carbons (Fsp3) is 0.450. The lowest BCUT2D eigenvalue weighted by Gasteiger charge is -2.34. The van der Waals surface area contributed by atoms with Crippen molar-refractivity contribution >= 4 is 18.0 Å². The molecule has 28 heavy (non-hydrogen) atoms. The van der Waals surface area contributed by atoms with E-state index in [1.165, 1.54) is 10.7 Å². The van der Waals surface area contributed by atoms with E-state index in [-0.39, 0.29) is 17.7 Å². The number of hydrogen-bond acceptors (Lipinski definition) is 3. The van der Waals surface area contributed by atoms with Gasteiger partial charge in [0.1, 0.15) is 12.1 Å². The molecule has 0 spiro atoms. The molecule has 1 N–H and O–H groups in total. The molecule has 0 aliphatic heterocycles. The molecule has 1 aromatic carbocycles. The van der Waals surface area contributed by atoms with Crippen LogP contribution in [0.25, 0.3) is 0 Å². The molecule has 150 valence electrons. The van der Waals surface area contributed by atoms with Crippen molar-refractivity contribution < 1.29 is 22.8 Å². The second-order valence-electron chi connectivity index (χ2n) is 8.14. The first kappa shape index (κ1) is 20.1. The van der Waals surface area contributed by atoms with Gasteiger partial charge in [-0.1, -0.05) is 18.2 Å². The van der Waals surface area contributed by atoms with Crippen LogP contribution in [0.1, 0.15) is 67.1 Å². The summed E-state index contributed by atoms with van der Waals surface area (Å²) in [6.45, 7) is 5.42. The van der Waals surface area contributed by atoms with E-state index in [1.807, 2.05) is 44.3 Å². The molecule has 5 nitrogen and oxygen atoms in total. The molecule has 8 heteroatoms. The Kier molecular flexibility index (Phi) is 5.08. The lowest BCUT2D eigenvalue weighted by Crippen LogP contribution is -2.33. The first-order valence-electron chi connectivity index (χ1n) is 9.03. The van der Waals surface area contributed by atoms with Crippen molar-refractivity contribution in [2.24, 2.45) is 0 Å². The van der Waals surface area contributed by atoms with Gasteiger partial charge in [0.2, 0.25) is 0 Å². The molecular formula is C20H22F3N3O2. The lowest BCUT2D eigenvalue weighted by molar-refractivity contribution is -0.167. The number of aromatic nitrogens is 2. The highest BCUT2D eigenvalue weighted by Crippen LogP contribution is 2.47. The molecule has 0 atom stereocenters. The fourth-order valence-corrected chi connectivity index (χ4v) is 3.40. The van der Waals surface area contributed by atoms with Crippen LogP contribution in [-0.4, -0.2) is 28.2 Å². The van der Waals surface area contributed by atoms with Gasteiger partial charge in [0.25, 0.3) is 0 Å². The topological polar surface area (TPSA) is 64.0 Å². The zero-order valence-electron chi connectivity index (χ0n) is 15.9. The van der Waals surface area contributed by atoms with E-state index < -0.39 is 17.6 Å². The van der Waals surface area contributed by atoms with Crippen molar-refractivity contribution in [3.63, 3.8) is 0 Å². The summed E-state index contributed by atoms with van der Waals surface area (Å²) in [5, 5.41) is 6.41. The van der Waals surface area contributed by atoms with Crippen LogP contribution in [0.5, 0.6) is 0 Å². The maximum atomic E-state index is 12.6. The maximum absolute atomic E-state index is 12.6. The van der Waals surface area contributed by atoms with Gasteiger partial charge in [-0.3, -0.25) is 9.59 Å². The standard InChI is InChI=1S/C20H22F3N3O2/c1-19(2,3)26-17(24-18(28)20(21,22)23)10-16(25-26)15-8-14(9-15)13-6-4-5-12(7-13)11-27/h4-7,10-11,14-15H,8-9H2,1-3H3,(H,24,28). The van der Waals surface area contributed by atoms with Crippen LogP contribution in [0, 0.1) is 0 Å². The summed E-state index contributed by atoms with van der Waals surface area (Å²) in [7, 11) is 0. The molecule has 1 aliphatic rings. The molecule has 1 aliphatic carbocycles. The average molecular weight is 393 g/mol. The molecular weight excluding hydrogens is 371 g/mol. The van der Waals surface area contributed by atoms with E-state index in [0.717, 1.165) is 24.7 Å². The number of benzene rings is 1. The van der Waals surface area contributed by atoms with E-state index in [4.69, 9.17) is 0 Å². The molecule has 2 aromatic rings. The third kappa shape index (κ3) is 4.10. The van der Waals surface area contributed by atoms with E-state index in [1.54, 1.807) is 6.07 Å². The van der Waals surface area contributed by atoms with Crippen molar-refractivity contribution in [3.8, 4) is 0 Å². The highest BCUT2D eigenvalue weighted by molar-refractivity contribution is 5.94. The number of halogens is 3. The molecule has 1 aromatic heterocycles. The molecule has 0 saturated heterocycles. The van der Waals surface area contributed by atoms with Gasteiger partial charge in [0, 0.05) is 17.5 Å². The SMILES string of the molecule is CC(C)(C)n1nc(C2CC(c3cccc(C=O)c3)C2)cc1NC(=O)C(F)(F)F. The maximum Gasteiger partial charge on any atom is 0.471 e. The van der Waals surface area contributed by atoms with Gasteiger partial charge in [-0.15, -0.1) is 0 Å². The number of hydrogen-bond donors (Lipinski definition) is 1. The normalized spacial score (nSPS) is 19.8. The summed E-state index contributed by atoms with van der Waals surface area (Å²) >= 11 is 0. The van der Waals surface area contributed by atoms with E-state index in [9.17, 15) is 22.8 Å². The Hall–Kier alpha value is -2.64. The summed E-state index contributed by atoms with van der Waals surface area (Å²) in [5.41, 5.74) is 1.76. The number of carbonyl (C=O) groups is 2. The molecule has 1 amide bonds. The van der Waals surface area contributed by atoms with Crippen LogP contribution in [0.2, 0.25) is 0 Å². The van der Waals surface area contributed by atoms with Crippen molar-refractivity contribution in [3.05, 3.63) is 47.2 Å². The minimum Gasteiger partial charge on any atom is -0.303 e. The number of amides is 1. The van der Waals surface area contributed by atoms with Gasteiger partial charge in [0.05, 0.1) is 11.2 Å². The van der Waals surface area contributed by atoms with E-state index in [0.29, 0.717) is 11.3 Å². The molecule has 0 radical (unpaired) electrons. The number of nitrogens with zero attached hydrogens (tertiary/aromatic N) is 2. The van der Waals surface area contributed by atoms with Gasteiger partial charge in [-0.05, 0) is 51.2 Å². The van der Waals surface area contributed by atoms with E-state index >= 15 is 0 Å². The second-order valence-corrected chi connectivity index (χ2v) is 8.14. The molecule has 3 rings (SSSR count). The molecule has 0 bridgehead atoms. The first-order valence-corrected chi connectivity index (χ1v) is 9.03. The quantitative estimate of drug-likeness (QED) is 0.772. The van der Waals surface area contributed by atoms with Gasteiger partial charge in [-0.25, -0.2) is 4.68 Å². The van der Waals surface area contributed by atoms with Gasteiger partial charge >= 0.3 is 12.1 Å². The molecule has 1 fully saturated rings. The Labute approximate surface area is 160 Å². The third-order valence-corrected chi connectivity index (χ3v) is 4.94. The summed E-state index contributed by atoms with van der Waals surface area (Å²) in [6.07, 6.45) is -2.58. The highest BCUT2D eigenvalue weighted by Gasteiger charge is 2.40. The predicted octanol–water partition coefficient (Wildman–Crippen LogP) is 4.61. The Bertz CT molecular complexity index is 891. The number of carbonyl (C=O) groups excluding carboxylic acids is 2. The van der Waals surface area contributed by atoms with Crippen LogP contribution in [0.3, 0.4) is 0 Å². The van der Waals surface area contributed by atoms with Crippen LogP contribution in [-0.2, 0) is 10.3 Å². The van der Waals surface area contributed by atoms with Crippen LogP contribution >= 0.6 is 0 Å². The van der Waals surface area contributed by atoms with E-state index in [2.05, 4.69) is 5.10 Å². The zero-order chi connectivity index (χ0) is 20.7. The van der Waals surface area contributed by atoms with Gasteiger partial charge < -0.3 is 5.32 Å². The van der Waals surface area contributed by atoms with Crippen molar-refractivity contribution in [2.75, 3.05) is 5.32 Å².